The Kier molecular flexibility index (Phi) is 5.84. The summed E-state index contributed by atoms with van der Waals surface area (Å²) >= 11 is 0. The highest BCUT2D eigenvalue weighted by atomic mass is 19.4. The van der Waals surface area contributed by atoms with Gasteiger partial charge in [-0.05, 0) is 37.7 Å². The zero-order valence-electron chi connectivity index (χ0n) is 13.6. The van der Waals surface area contributed by atoms with Gasteiger partial charge in [0.25, 0.3) is 0 Å². The van der Waals surface area contributed by atoms with Gasteiger partial charge in [0.1, 0.15) is 0 Å². The van der Waals surface area contributed by atoms with E-state index >= 15 is 0 Å². The van der Waals surface area contributed by atoms with Crippen LogP contribution >= 0.6 is 0 Å². The molecule has 1 aromatic carbocycles. The predicted octanol–water partition coefficient (Wildman–Crippen LogP) is 1.75. The van der Waals surface area contributed by atoms with Crippen molar-refractivity contribution in [2.24, 2.45) is 0 Å². The zero-order valence-corrected chi connectivity index (χ0v) is 13.6. The van der Waals surface area contributed by atoms with E-state index in [9.17, 15) is 23.1 Å². The second-order valence-corrected chi connectivity index (χ2v) is 5.89. The first kappa shape index (κ1) is 18.7. The minimum absolute atomic E-state index is 0.174. The number of carbonyl (C=O) groups is 1. The van der Waals surface area contributed by atoms with Crippen molar-refractivity contribution in [3.63, 3.8) is 0 Å². The van der Waals surface area contributed by atoms with Crippen molar-refractivity contribution < 1.29 is 27.8 Å². The highest BCUT2D eigenvalue weighted by molar-refractivity contribution is 5.99. The van der Waals surface area contributed by atoms with Gasteiger partial charge in [-0.25, -0.2) is 0 Å². The van der Waals surface area contributed by atoms with Gasteiger partial charge in [-0.1, -0.05) is 0 Å². The fraction of sp³-hybridized carbons (Fsp3) is 0.562. The minimum atomic E-state index is -4.40. The van der Waals surface area contributed by atoms with Crippen molar-refractivity contribution in [2.75, 3.05) is 38.8 Å². The van der Waals surface area contributed by atoms with Gasteiger partial charge >= 0.3 is 6.18 Å². The van der Waals surface area contributed by atoms with E-state index < -0.39 is 23.9 Å². The summed E-state index contributed by atoms with van der Waals surface area (Å²) in [5.74, 6) is -0.179. The molecule has 24 heavy (non-hydrogen) atoms. The van der Waals surface area contributed by atoms with Gasteiger partial charge in [-0.3, -0.25) is 9.69 Å². The number of aliphatic hydroxyl groups is 1. The second kappa shape index (κ2) is 7.50. The summed E-state index contributed by atoms with van der Waals surface area (Å²) in [5, 5.41) is 9.76. The third-order valence-corrected chi connectivity index (χ3v) is 4.07. The Hall–Kier alpha value is -1.64. The van der Waals surface area contributed by atoms with E-state index in [-0.39, 0.29) is 19.1 Å². The maximum absolute atomic E-state index is 12.6. The Bertz CT molecular complexity index is 563. The second-order valence-electron chi connectivity index (χ2n) is 5.89. The molecule has 0 bridgehead atoms. The normalized spacial score (nSPS) is 20.0. The van der Waals surface area contributed by atoms with Crippen LogP contribution in [0.5, 0.6) is 0 Å². The minimum Gasteiger partial charge on any atom is -0.389 e. The molecule has 134 valence electrons. The third-order valence-electron chi connectivity index (χ3n) is 4.07. The highest BCUT2D eigenvalue weighted by Gasteiger charge is 2.36. The van der Waals surface area contributed by atoms with E-state index in [2.05, 4.69) is 0 Å². The lowest BCUT2D eigenvalue weighted by Crippen LogP contribution is -2.43. The molecule has 1 saturated heterocycles. The summed E-state index contributed by atoms with van der Waals surface area (Å²) in [4.78, 5) is 15.7. The molecule has 1 fully saturated rings. The third kappa shape index (κ3) is 4.25. The van der Waals surface area contributed by atoms with Crippen LogP contribution in [-0.4, -0.2) is 61.9 Å². The predicted molar refractivity (Wildman–Crippen MR) is 82.7 cm³/mol. The zero-order chi connectivity index (χ0) is 17.9. The fourth-order valence-corrected chi connectivity index (χ4v) is 2.87. The topological polar surface area (TPSA) is 53.0 Å². The summed E-state index contributed by atoms with van der Waals surface area (Å²) in [6.45, 7) is 0.887. The number of halogens is 3. The van der Waals surface area contributed by atoms with Crippen molar-refractivity contribution in [3.8, 4) is 0 Å². The molecule has 0 aromatic heterocycles. The quantitative estimate of drug-likeness (QED) is 0.853. The summed E-state index contributed by atoms with van der Waals surface area (Å²) < 4.78 is 42.7. The fourth-order valence-electron chi connectivity index (χ4n) is 2.87. The van der Waals surface area contributed by atoms with Crippen molar-refractivity contribution in [3.05, 3.63) is 29.8 Å². The molecule has 1 aliphatic heterocycles. The maximum Gasteiger partial charge on any atom is 0.416 e. The largest absolute Gasteiger partial charge is 0.416 e. The van der Waals surface area contributed by atoms with Crippen LogP contribution in [0.3, 0.4) is 0 Å². The lowest BCUT2D eigenvalue weighted by molar-refractivity contribution is -0.137. The van der Waals surface area contributed by atoms with Crippen molar-refractivity contribution >= 4 is 11.6 Å². The lowest BCUT2D eigenvalue weighted by Gasteiger charge is -2.25. The number of benzene rings is 1. The number of carbonyl (C=O) groups excluding carboxylic acids is 1. The summed E-state index contributed by atoms with van der Waals surface area (Å²) in [6, 6.07) is 4.16. The maximum atomic E-state index is 12.6. The van der Waals surface area contributed by atoms with Crippen LogP contribution in [0.1, 0.15) is 12.0 Å². The number of nitrogens with zero attached hydrogens (tertiary/aromatic N) is 2. The number of hydrogen-bond acceptors (Lipinski definition) is 4. The first-order chi connectivity index (χ1) is 11.2. The van der Waals surface area contributed by atoms with Crippen LogP contribution in [0.25, 0.3) is 0 Å². The van der Waals surface area contributed by atoms with Gasteiger partial charge < -0.3 is 14.7 Å². The van der Waals surface area contributed by atoms with Gasteiger partial charge in [0.05, 0.1) is 24.3 Å². The van der Waals surface area contributed by atoms with E-state index in [1.807, 2.05) is 0 Å². The molecule has 1 N–H and O–H groups in total. The smallest absolute Gasteiger partial charge is 0.389 e. The SMILES string of the molecule is COCC(O)CN(C)C1CCN(c2ccc(C(F)(F)F)cc2)C1=O. The molecular formula is C16H21F3N2O3. The van der Waals surface area contributed by atoms with Crippen molar-refractivity contribution in [1.82, 2.24) is 4.90 Å². The number of alkyl halides is 3. The van der Waals surface area contributed by atoms with E-state index in [0.717, 1.165) is 12.1 Å². The van der Waals surface area contributed by atoms with Gasteiger partial charge in [0, 0.05) is 25.9 Å². The van der Waals surface area contributed by atoms with Crippen LogP contribution in [0.15, 0.2) is 24.3 Å². The molecule has 1 aliphatic rings. The number of likely N-dealkylation sites (N-methyl/N-ethyl adjacent to an activating group) is 1. The number of anilines is 1. The summed E-state index contributed by atoms with van der Waals surface area (Å²) in [7, 11) is 3.22. The molecule has 1 heterocycles. The van der Waals surface area contributed by atoms with Gasteiger partial charge in [0.15, 0.2) is 0 Å². The van der Waals surface area contributed by atoms with Gasteiger partial charge in [-0.15, -0.1) is 0 Å². The molecule has 1 aromatic rings. The number of aliphatic hydroxyl groups excluding tert-OH is 1. The average Bonchev–Trinajstić information content (AvgIpc) is 2.88. The van der Waals surface area contributed by atoms with Crippen LogP contribution in [0, 0.1) is 0 Å². The Morgan fingerprint density at radius 2 is 2.00 bits per heavy atom. The first-order valence-corrected chi connectivity index (χ1v) is 7.60. The van der Waals surface area contributed by atoms with E-state index in [4.69, 9.17) is 4.74 Å². The molecule has 1 amide bonds. The van der Waals surface area contributed by atoms with Crippen molar-refractivity contribution in [1.29, 1.82) is 0 Å². The summed E-state index contributed by atoms with van der Waals surface area (Å²) in [6.07, 6.45) is -4.54. The lowest BCUT2D eigenvalue weighted by atomic mass is 10.2. The molecule has 2 atom stereocenters. The monoisotopic (exact) mass is 346 g/mol. The number of hydrogen-bond donors (Lipinski definition) is 1. The molecular weight excluding hydrogens is 325 g/mol. The average molecular weight is 346 g/mol. The van der Waals surface area contributed by atoms with Crippen LogP contribution in [0.2, 0.25) is 0 Å². The van der Waals surface area contributed by atoms with E-state index in [1.165, 1.54) is 24.1 Å². The number of ether oxygens (including phenoxy) is 1. The molecule has 0 spiro atoms. The number of methoxy groups -OCH3 is 1. The Balaban J connectivity index is 2.03. The standard InChI is InChI=1S/C16H21F3N2O3/c1-20(9-13(22)10-24-2)14-7-8-21(15(14)23)12-5-3-11(4-6-12)16(17,18)19/h3-6,13-14,22H,7-10H2,1-2H3. The molecule has 0 radical (unpaired) electrons. The molecule has 0 saturated carbocycles. The van der Waals surface area contributed by atoms with E-state index in [1.54, 1.807) is 11.9 Å². The van der Waals surface area contributed by atoms with Crippen LogP contribution in [-0.2, 0) is 15.7 Å². The Morgan fingerprint density at radius 1 is 1.38 bits per heavy atom. The van der Waals surface area contributed by atoms with Crippen LogP contribution < -0.4 is 4.90 Å². The molecule has 8 heteroatoms. The Morgan fingerprint density at radius 3 is 2.54 bits per heavy atom. The summed E-state index contributed by atoms with van der Waals surface area (Å²) in [5.41, 5.74) is -0.296. The number of rotatable bonds is 6. The van der Waals surface area contributed by atoms with E-state index in [0.29, 0.717) is 18.7 Å². The first-order valence-electron chi connectivity index (χ1n) is 7.60. The van der Waals surface area contributed by atoms with Gasteiger partial charge in [0.2, 0.25) is 5.91 Å². The van der Waals surface area contributed by atoms with Crippen LogP contribution in [0.4, 0.5) is 18.9 Å². The molecule has 0 aliphatic carbocycles. The van der Waals surface area contributed by atoms with Gasteiger partial charge in [-0.2, -0.15) is 13.2 Å². The van der Waals surface area contributed by atoms with Crippen molar-refractivity contribution in [2.45, 2.75) is 24.7 Å². The Labute approximate surface area is 138 Å². The highest BCUT2D eigenvalue weighted by Crippen LogP contribution is 2.31. The molecule has 2 rings (SSSR count). The number of amides is 1. The molecule has 5 nitrogen and oxygen atoms in total. The molecule has 2 unspecified atom stereocenters.